The summed E-state index contributed by atoms with van der Waals surface area (Å²) in [6.07, 6.45) is 1.84. The molecule has 6 heteroatoms. The second kappa shape index (κ2) is 5.71. The molecule has 0 aromatic carbocycles. The number of carbonyl (C=O) groups is 1. The van der Waals surface area contributed by atoms with E-state index in [0.29, 0.717) is 6.54 Å². The first kappa shape index (κ1) is 14.0. The third kappa shape index (κ3) is 2.64. The molecule has 6 nitrogen and oxygen atoms in total. The highest BCUT2D eigenvalue weighted by molar-refractivity contribution is 5.81. The predicted molar refractivity (Wildman–Crippen MR) is 71.3 cm³/mol. The fourth-order valence-corrected chi connectivity index (χ4v) is 2.42. The van der Waals surface area contributed by atoms with Crippen molar-refractivity contribution in [3.8, 4) is 0 Å². The van der Waals surface area contributed by atoms with E-state index in [9.17, 15) is 4.79 Å². The molecule has 1 unspecified atom stereocenters. The molecule has 2 heterocycles. The van der Waals surface area contributed by atoms with Crippen molar-refractivity contribution in [2.75, 3.05) is 20.2 Å². The summed E-state index contributed by atoms with van der Waals surface area (Å²) in [5.41, 5.74) is 2.28. The van der Waals surface area contributed by atoms with E-state index in [1.54, 1.807) is 4.90 Å². The number of aliphatic hydroxyl groups is 1. The van der Waals surface area contributed by atoms with Crippen LogP contribution in [0, 0.1) is 0 Å². The van der Waals surface area contributed by atoms with Crippen LogP contribution in [0.15, 0.2) is 6.20 Å². The van der Waals surface area contributed by atoms with Crippen LogP contribution in [0.1, 0.15) is 25.1 Å². The number of carbonyl (C=O) groups excluding carboxylic acids is 1. The summed E-state index contributed by atoms with van der Waals surface area (Å²) in [6.45, 7) is 6.72. The Kier molecular flexibility index (Phi) is 4.21. The monoisotopic (exact) mass is 266 g/mol. The Morgan fingerprint density at radius 1 is 1.58 bits per heavy atom. The minimum absolute atomic E-state index is 0.0845. The largest absolute Gasteiger partial charge is 0.394 e. The van der Waals surface area contributed by atoms with Gasteiger partial charge in [-0.05, 0) is 13.8 Å². The zero-order valence-electron chi connectivity index (χ0n) is 11.8. The van der Waals surface area contributed by atoms with Crippen LogP contribution >= 0.6 is 0 Å². The standard InChI is InChI=1S/C13H22N4O2/c1-4-15(3)13(19)10(2)16-8-11-7-14-17(5-6-18)12(11)9-16/h7,10,18H,4-6,8-9H2,1-3H3. The summed E-state index contributed by atoms with van der Waals surface area (Å²) < 4.78 is 1.83. The number of fused-ring (bicyclic) bond motifs is 1. The van der Waals surface area contributed by atoms with Crippen molar-refractivity contribution >= 4 is 5.91 Å². The minimum Gasteiger partial charge on any atom is -0.394 e. The van der Waals surface area contributed by atoms with Gasteiger partial charge in [-0.25, -0.2) is 0 Å². The van der Waals surface area contributed by atoms with E-state index in [-0.39, 0.29) is 18.6 Å². The van der Waals surface area contributed by atoms with Crippen LogP contribution in [0.3, 0.4) is 0 Å². The van der Waals surface area contributed by atoms with E-state index in [2.05, 4.69) is 10.00 Å². The van der Waals surface area contributed by atoms with E-state index in [1.165, 1.54) is 0 Å². The van der Waals surface area contributed by atoms with Crippen molar-refractivity contribution in [2.24, 2.45) is 0 Å². The molecule has 1 aromatic heterocycles. The number of amides is 1. The van der Waals surface area contributed by atoms with Gasteiger partial charge in [0, 0.05) is 32.2 Å². The lowest BCUT2D eigenvalue weighted by atomic mass is 10.2. The Morgan fingerprint density at radius 2 is 2.32 bits per heavy atom. The van der Waals surface area contributed by atoms with Gasteiger partial charge in [0.1, 0.15) is 0 Å². The number of hydrogen-bond donors (Lipinski definition) is 1. The number of rotatable bonds is 5. The summed E-state index contributed by atoms with van der Waals surface area (Å²) in [7, 11) is 1.83. The second-order valence-corrected chi connectivity index (χ2v) is 5.00. The first-order valence-electron chi connectivity index (χ1n) is 6.72. The first-order valence-corrected chi connectivity index (χ1v) is 6.72. The van der Waals surface area contributed by atoms with Gasteiger partial charge in [-0.1, -0.05) is 0 Å². The van der Waals surface area contributed by atoms with Crippen LogP contribution < -0.4 is 0 Å². The average Bonchev–Trinajstić information content (AvgIpc) is 2.98. The highest BCUT2D eigenvalue weighted by atomic mass is 16.3. The first-order chi connectivity index (χ1) is 9.08. The molecule has 106 valence electrons. The average molecular weight is 266 g/mol. The lowest BCUT2D eigenvalue weighted by molar-refractivity contribution is -0.135. The Morgan fingerprint density at radius 3 is 2.95 bits per heavy atom. The summed E-state index contributed by atoms with van der Waals surface area (Å²) in [5, 5.41) is 13.3. The van der Waals surface area contributed by atoms with Gasteiger partial charge in [0.15, 0.2) is 0 Å². The summed E-state index contributed by atoms with van der Waals surface area (Å²) >= 11 is 0. The molecule has 2 rings (SSSR count). The lowest BCUT2D eigenvalue weighted by Gasteiger charge is -2.27. The number of likely N-dealkylation sites (N-methyl/N-ethyl adjacent to an activating group) is 1. The van der Waals surface area contributed by atoms with Crippen LogP contribution in [0.25, 0.3) is 0 Å². The van der Waals surface area contributed by atoms with Crippen LogP contribution in [0.2, 0.25) is 0 Å². The van der Waals surface area contributed by atoms with Gasteiger partial charge in [0.2, 0.25) is 5.91 Å². The van der Waals surface area contributed by atoms with Gasteiger partial charge in [-0.3, -0.25) is 14.4 Å². The highest BCUT2D eigenvalue weighted by Gasteiger charge is 2.31. The molecule has 1 atom stereocenters. The molecule has 0 spiro atoms. The van der Waals surface area contributed by atoms with Crippen LogP contribution in [0.5, 0.6) is 0 Å². The highest BCUT2D eigenvalue weighted by Crippen LogP contribution is 2.24. The zero-order valence-corrected chi connectivity index (χ0v) is 11.8. The van der Waals surface area contributed by atoms with Crippen molar-refractivity contribution < 1.29 is 9.90 Å². The fraction of sp³-hybridized carbons (Fsp3) is 0.692. The fourth-order valence-electron chi connectivity index (χ4n) is 2.42. The molecule has 1 aliphatic heterocycles. The van der Waals surface area contributed by atoms with Crippen LogP contribution in [-0.4, -0.2) is 56.8 Å². The van der Waals surface area contributed by atoms with E-state index >= 15 is 0 Å². The molecular formula is C13H22N4O2. The van der Waals surface area contributed by atoms with E-state index in [4.69, 9.17) is 5.11 Å². The summed E-state index contributed by atoms with van der Waals surface area (Å²) in [6, 6.07) is -0.125. The Bertz CT molecular complexity index is 457. The molecule has 1 N–H and O–H groups in total. The van der Waals surface area contributed by atoms with Crippen LogP contribution in [-0.2, 0) is 24.4 Å². The van der Waals surface area contributed by atoms with Crippen molar-refractivity contribution in [1.29, 1.82) is 0 Å². The number of aliphatic hydroxyl groups excluding tert-OH is 1. The maximum absolute atomic E-state index is 12.2. The molecule has 0 saturated heterocycles. The molecule has 0 aliphatic carbocycles. The lowest BCUT2D eigenvalue weighted by Crippen LogP contribution is -2.43. The number of nitrogens with zero attached hydrogens (tertiary/aromatic N) is 4. The normalized spacial score (nSPS) is 16.4. The molecule has 1 aromatic rings. The minimum atomic E-state index is -0.125. The smallest absolute Gasteiger partial charge is 0.239 e. The Hall–Kier alpha value is -1.40. The molecule has 0 bridgehead atoms. The van der Waals surface area contributed by atoms with E-state index in [0.717, 1.165) is 30.9 Å². The van der Waals surface area contributed by atoms with Gasteiger partial charge in [0.05, 0.1) is 31.1 Å². The molecule has 1 amide bonds. The molecule has 19 heavy (non-hydrogen) atoms. The van der Waals surface area contributed by atoms with E-state index < -0.39 is 0 Å². The Balaban J connectivity index is 2.05. The predicted octanol–water partition coefficient (Wildman–Crippen LogP) is 0.0578. The summed E-state index contributed by atoms with van der Waals surface area (Å²) in [5.74, 6) is 0.148. The molecule has 0 fully saturated rings. The number of aromatic nitrogens is 2. The number of hydrogen-bond acceptors (Lipinski definition) is 4. The topological polar surface area (TPSA) is 61.6 Å². The van der Waals surface area contributed by atoms with Gasteiger partial charge < -0.3 is 10.0 Å². The van der Waals surface area contributed by atoms with Gasteiger partial charge in [-0.15, -0.1) is 0 Å². The molecule has 0 radical (unpaired) electrons. The van der Waals surface area contributed by atoms with Crippen molar-refractivity contribution in [2.45, 2.75) is 39.5 Å². The van der Waals surface area contributed by atoms with Crippen molar-refractivity contribution in [3.63, 3.8) is 0 Å². The Labute approximate surface area is 113 Å². The van der Waals surface area contributed by atoms with Crippen molar-refractivity contribution in [1.82, 2.24) is 19.6 Å². The quantitative estimate of drug-likeness (QED) is 0.818. The van der Waals surface area contributed by atoms with Gasteiger partial charge in [0.25, 0.3) is 0 Å². The van der Waals surface area contributed by atoms with Crippen molar-refractivity contribution in [3.05, 3.63) is 17.5 Å². The third-order valence-electron chi connectivity index (χ3n) is 3.83. The second-order valence-electron chi connectivity index (χ2n) is 5.00. The zero-order chi connectivity index (χ0) is 14.0. The third-order valence-corrected chi connectivity index (χ3v) is 3.83. The van der Waals surface area contributed by atoms with Gasteiger partial charge in [-0.2, -0.15) is 5.10 Å². The summed E-state index contributed by atoms with van der Waals surface area (Å²) in [4.78, 5) is 16.1. The van der Waals surface area contributed by atoms with E-state index in [1.807, 2.05) is 31.8 Å². The molecule has 1 aliphatic rings. The van der Waals surface area contributed by atoms with Gasteiger partial charge >= 0.3 is 0 Å². The maximum atomic E-state index is 12.2. The SMILES string of the molecule is CCN(C)C(=O)C(C)N1Cc2cnn(CCO)c2C1. The molecular weight excluding hydrogens is 244 g/mol. The molecule has 0 saturated carbocycles. The van der Waals surface area contributed by atoms with Crippen LogP contribution in [0.4, 0.5) is 0 Å². The maximum Gasteiger partial charge on any atom is 0.239 e.